The summed E-state index contributed by atoms with van der Waals surface area (Å²) in [6.07, 6.45) is 4.86. The van der Waals surface area contributed by atoms with Gasteiger partial charge in [-0.3, -0.25) is 4.79 Å². The Morgan fingerprint density at radius 1 is 0.905 bits per heavy atom. The number of hydrogen-bond acceptors (Lipinski definition) is 7. The number of pyridine rings is 1. The number of hydrazone groups is 1. The van der Waals surface area contributed by atoms with Crippen molar-refractivity contribution in [2.45, 2.75) is 25.3 Å². The Morgan fingerprint density at radius 2 is 1.62 bits per heavy atom. The third-order valence-electron chi connectivity index (χ3n) is 7.81. The summed E-state index contributed by atoms with van der Waals surface area (Å²) in [6.45, 7) is -0.443. The third kappa shape index (κ3) is 5.48. The second-order valence-corrected chi connectivity index (χ2v) is 10.3. The molecule has 2 atom stereocenters. The Hall–Kier alpha value is -4.98. The Labute approximate surface area is 244 Å². The summed E-state index contributed by atoms with van der Waals surface area (Å²) in [5.41, 5.74) is 4.82. The van der Waals surface area contributed by atoms with Gasteiger partial charge in [0, 0.05) is 11.3 Å². The molecule has 8 nitrogen and oxygen atoms in total. The Balaban J connectivity index is 1.27. The number of aromatic nitrogens is 1. The van der Waals surface area contributed by atoms with Crippen LogP contribution in [-0.2, 0) is 9.53 Å². The van der Waals surface area contributed by atoms with Gasteiger partial charge in [0.15, 0.2) is 6.61 Å². The molecule has 2 aliphatic rings. The van der Waals surface area contributed by atoms with Crippen LogP contribution in [0.15, 0.2) is 95.6 Å². The summed E-state index contributed by atoms with van der Waals surface area (Å²) in [7, 11) is 3.27. The molecule has 1 aliphatic carbocycles. The molecule has 212 valence electrons. The first-order valence-electron chi connectivity index (χ1n) is 14.0. The van der Waals surface area contributed by atoms with Gasteiger partial charge in [-0.1, -0.05) is 48.5 Å². The number of benzene rings is 3. The van der Waals surface area contributed by atoms with Crippen LogP contribution < -0.4 is 9.47 Å². The maximum atomic E-state index is 13.6. The average molecular weight is 562 g/mol. The highest BCUT2D eigenvalue weighted by atomic mass is 16.5. The zero-order valence-electron chi connectivity index (χ0n) is 23.5. The van der Waals surface area contributed by atoms with Crippen LogP contribution in [0.25, 0.3) is 17.0 Å². The van der Waals surface area contributed by atoms with E-state index in [9.17, 15) is 9.59 Å². The summed E-state index contributed by atoms with van der Waals surface area (Å²) in [5.74, 6) is 0.492. The second-order valence-electron chi connectivity index (χ2n) is 10.3. The van der Waals surface area contributed by atoms with Crippen molar-refractivity contribution in [3.05, 3.63) is 107 Å². The molecule has 42 heavy (non-hydrogen) atoms. The number of allylic oxidation sites excluding steroid dienone is 1. The van der Waals surface area contributed by atoms with Gasteiger partial charge in [-0.2, -0.15) is 5.10 Å². The van der Waals surface area contributed by atoms with Gasteiger partial charge in [0.1, 0.15) is 17.2 Å². The van der Waals surface area contributed by atoms with Crippen LogP contribution in [0, 0.1) is 5.92 Å². The molecular formula is C34H31N3O5. The quantitative estimate of drug-likeness (QED) is 0.249. The SMILES string of the molecule is COc1ccc(C=C2CCCC3C2=NN(C(=O)COC(=O)c2ccc4ccccc4n2)C3c2ccc(OC)cc2)cc1. The topological polar surface area (TPSA) is 90.3 Å². The Bertz CT molecular complexity index is 1680. The van der Waals surface area contributed by atoms with Gasteiger partial charge in [-0.25, -0.2) is 14.8 Å². The van der Waals surface area contributed by atoms with Gasteiger partial charge in [0.2, 0.25) is 0 Å². The van der Waals surface area contributed by atoms with E-state index in [1.165, 1.54) is 5.01 Å². The van der Waals surface area contributed by atoms with Crippen molar-refractivity contribution in [3.8, 4) is 11.5 Å². The summed E-state index contributed by atoms with van der Waals surface area (Å²) in [4.78, 5) is 30.9. The zero-order valence-corrected chi connectivity index (χ0v) is 23.5. The number of carbonyl (C=O) groups is 2. The van der Waals surface area contributed by atoms with Crippen LogP contribution in [0.4, 0.5) is 0 Å². The number of fused-ring (bicyclic) bond motifs is 2. The van der Waals surface area contributed by atoms with Gasteiger partial charge in [-0.05, 0) is 78.4 Å². The third-order valence-corrected chi connectivity index (χ3v) is 7.81. The number of amides is 1. The predicted molar refractivity (Wildman–Crippen MR) is 160 cm³/mol. The fraction of sp³-hybridized carbons (Fsp3) is 0.235. The fourth-order valence-corrected chi connectivity index (χ4v) is 5.69. The molecule has 0 spiro atoms. The molecule has 0 saturated heterocycles. The first kappa shape index (κ1) is 27.2. The van der Waals surface area contributed by atoms with E-state index in [1.54, 1.807) is 20.3 Å². The number of rotatable bonds is 7. The van der Waals surface area contributed by atoms with Crippen LogP contribution in [0.5, 0.6) is 11.5 Å². The monoisotopic (exact) mass is 561 g/mol. The number of carbonyl (C=O) groups excluding carboxylic acids is 2. The van der Waals surface area contributed by atoms with E-state index >= 15 is 0 Å². The largest absolute Gasteiger partial charge is 0.497 e. The highest BCUT2D eigenvalue weighted by molar-refractivity contribution is 6.08. The molecule has 2 unspecified atom stereocenters. The molecule has 3 aromatic carbocycles. The van der Waals surface area contributed by atoms with Crippen molar-refractivity contribution >= 4 is 34.6 Å². The summed E-state index contributed by atoms with van der Waals surface area (Å²) < 4.78 is 16.1. The lowest BCUT2D eigenvalue weighted by molar-refractivity contribution is -0.137. The minimum atomic E-state index is -0.653. The van der Waals surface area contributed by atoms with Crippen molar-refractivity contribution in [3.63, 3.8) is 0 Å². The lowest BCUT2D eigenvalue weighted by atomic mass is 9.77. The van der Waals surface area contributed by atoms with E-state index < -0.39 is 18.5 Å². The van der Waals surface area contributed by atoms with Gasteiger partial charge < -0.3 is 14.2 Å². The molecule has 1 amide bonds. The second kappa shape index (κ2) is 11.9. The van der Waals surface area contributed by atoms with Crippen LogP contribution in [0.3, 0.4) is 0 Å². The van der Waals surface area contributed by atoms with Gasteiger partial charge in [0.05, 0.1) is 31.5 Å². The average Bonchev–Trinajstić information content (AvgIpc) is 3.44. The number of methoxy groups -OCH3 is 2. The van der Waals surface area contributed by atoms with Gasteiger partial charge >= 0.3 is 5.97 Å². The first-order valence-corrected chi connectivity index (χ1v) is 14.0. The summed E-state index contributed by atoms with van der Waals surface area (Å²) in [6, 6.07) is 26.2. The normalized spacial score (nSPS) is 18.9. The van der Waals surface area contributed by atoms with Crippen molar-refractivity contribution in [1.29, 1.82) is 0 Å². The maximum Gasteiger partial charge on any atom is 0.357 e. The van der Waals surface area contributed by atoms with Crippen molar-refractivity contribution in [2.75, 3.05) is 20.8 Å². The standard InChI is InChI=1S/C34H31N3O5/c1-40-26-15-10-22(11-16-26)20-25-7-5-8-28-32(25)36-37(33(28)24-12-17-27(41-2)18-13-24)31(38)21-42-34(39)30-19-14-23-6-3-4-9-29(23)35-30/h3-4,6,9-20,28,33H,5,7-8,21H2,1-2H3. The molecule has 2 heterocycles. The van der Waals surface area contributed by atoms with Crippen molar-refractivity contribution < 1.29 is 23.8 Å². The lowest BCUT2D eigenvalue weighted by Gasteiger charge is -2.29. The van der Waals surface area contributed by atoms with Crippen molar-refractivity contribution in [2.24, 2.45) is 11.0 Å². The molecule has 0 radical (unpaired) electrons. The number of nitrogens with zero attached hydrogens (tertiary/aromatic N) is 3. The highest BCUT2D eigenvalue weighted by Crippen LogP contribution is 2.44. The number of esters is 1. The zero-order chi connectivity index (χ0) is 29.1. The molecule has 1 fully saturated rings. The summed E-state index contributed by atoms with van der Waals surface area (Å²) in [5, 5.41) is 7.30. The fourth-order valence-electron chi connectivity index (χ4n) is 5.69. The Morgan fingerprint density at radius 3 is 2.36 bits per heavy atom. The van der Waals surface area contributed by atoms with Gasteiger partial charge in [-0.15, -0.1) is 0 Å². The van der Waals surface area contributed by atoms with E-state index in [2.05, 4.69) is 11.1 Å². The maximum absolute atomic E-state index is 13.6. The van der Waals surface area contributed by atoms with Crippen LogP contribution in [0.2, 0.25) is 0 Å². The summed E-state index contributed by atoms with van der Waals surface area (Å²) >= 11 is 0. The van der Waals surface area contributed by atoms with E-state index in [0.717, 1.165) is 58.6 Å². The molecule has 1 aromatic heterocycles. The molecule has 8 heteroatoms. The van der Waals surface area contributed by atoms with Crippen molar-refractivity contribution in [1.82, 2.24) is 9.99 Å². The smallest absolute Gasteiger partial charge is 0.357 e. The molecule has 0 N–H and O–H groups in total. The van der Waals surface area contributed by atoms with E-state index in [1.807, 2.05) is 78.9 Å². The lowest BCUT2D eigenvalue weighted by Crippen LogP contribution is -2.34. The van der Waals surface area contributed by atoms with Gasteiger partial charge in [0.25, 0.3) is 5.91 Å². The van der Waals surface area contributed by atoms with E-state index in [-0.39, 0.29) is 17.7 Å². The molecule has 1 aliphatic heterocycles. The first-order chi connectivity index (χ1) is 20.5. The molecule has 1 saturated carbocycles. The number of hydrogen-bond donors (Lipinski definition) is 0. The Kier molecular flexibility index (Phi) is 7.68. The van der Waals surface area contributed by atoms with Crippen LogP contribution in [-0.4, -0.2) is 48.4 Å². The van der Waals surface area contributed by atoms with Crippen LogP contribution >= 0.6 is 0 Å². The van der Waals surface area contributed by atoms with E-state index in [0.29, 0.717) is 5.52 Å². The predicted octanol–water partition coefficient (Wildman–Crippen LogP) is 6.23. The number of ether oxygens (including phenoxy) is 3. The minimum Gasteiger partial charge on any atom is -0.497 e. The van der Waals surface area contributed by atoms with E-state index in [4.69, 9.17) is 19.3 Å². The molecule has 6 rings (SSSR count). The molecule has 0 bridgehead atoms. The molecule has 4 aromatic rings. The minimum absolute atomic E-state index is 0.0125. The number of para-hydroxylation sites is 1. The highest BCUT2D eigenvalue weighted by Gasteiger charge is 2.44. The molecular weight excluding hydrogens is 530 g/mol. The van der Waals surface area contributed by atoms with Crippen LogP contribution in [0.1, 0.15) is 46.9 Å².